The van der Waals surface area contributed by atoms with Crippen LogP contribution >= 0.6 is 0 Å². The summed E-state index contributed by atoms with van der Waals surface area (Å²) in [6.07, 6.45) is 0.953. The highest BCUT2D eigenvalue weighted by Crippen LogP contribution is 2.16. The Kier molecular flexibility index (Phi) is 1.66. The number of amides is 3. The molecule has 0 aromatic carbocycles. The Balaban J connectivity index is 3.18. The van der Waals surface area contributed by atoms with E-state index in [2.05, 4.69) is 0 Å². The zero-order chi connectivity index (χ0) is 9.52. The minimum atomic E-state index is -1.34. The first-order chi connectivity index (χ1) is 5.37. The molecule has 66 valence electrons. The number of nitrogens with zero attached hydrogens (tertiary/aromatic N) is 2. The third kappa shape index (κ3) is 0.973. The largest absolute Gasteiger partial charge is 0.617 e. The fraction of sp³-hybridized carbons (Fsp3) is 0.333. The Morgan fingerprint density at radius 3 is 2.58 bits per heavy atom. The van der Waals surface area contributed by atoms with Crippen molar-refractivity contribution in [2.45, 2.75) is 0 Å². The number of urea groups is 1. The van der Waals surface area contributed by atoms with Gasteiger partial charge in [-0.25, -0.2) is 14.3 Å². The minimum Gasteiger partial charge on any atom is -0.617 e. The summed E-state index contributed by atoms with van der Waals surface area (Å²) >= 11 is 0. The Labute approximate surface area is 69.0 Å². The van der Waals surface area contributed by atoms with Crippen LogP contribution in [0, 0.1) is 5.21 Å². The van der Waals surface area contributed by atoms with Gasteiger partial charge in [-0.2, -0.15) is 0 Å². The molecule has 0 saturated carbocycles. The monoisotopic (exact) mass is 171 g/mol. The SMILES string of the molecule is CN1C(=O)C=C(N)[N+](C)([O-])C1=O. The molecule has 0 aromatic heterocycles. The van der Waals surface area contributed by atoms with Crippen LogP contribution in [-0.2, 0) is 4.79 Å². The molecule has 0 saturated heterocycles. The zero-order valence-corrected chi connectivity index (χ0v) is 6.77. The van der Waals surface area contributed by atoms with Crippen molar-refractivity contribution >= 4 is 11.9 Å². The number of rotatable bonds is 0. The lowest BCUT2D eigenvalue weighted by atomic mass is 10.4. The van der Waals surface area contributed by atoms with Gasteiger partial charge in [0, 0.05) is 7.05 Å². The number of hydrogen-bond donors (Lipinski definition) is 1. The molecule has 1 atom stereocenters. The molecular formula is C6H9N3O3. The van der Waals surface area contributed by atoms with Crippen LogP contribution in [-0.4, -0.2) is 35.6 Å². The molecular weight excluding hydrogens is 162 g/mol. The summed E-state index contributed by atoms with van der Waals surface area (Å²) in [6, 6.07) is -0.875. The molecule has 12 heavy (non-hydrogen) atoms. The predicted octanol–water partition coefficient (Wildman–Crippen LogP) is -0.677. The van der Waals surface area contributed by atoms with Crippen molar-refractivity contribution in [3.05, 3.63) is 17.1 Å². The number of hydrogen-bond acceptors (Lipinski definition) is 4. The number of hydroxylamine groups is 3. The fourth-order valence-electron chi connectivity index (χ4n) is 0.837. The third-order valence-corrected chi connectivity index (χ3v) is 1.75. The number of nitrogens with two attached hydrogens (primary N) is 1. The van der Waals surface area contributed by atoms with E-state index in [-0.39, 0.29) is 5.82 Å². The maximum Gasteiger partial charge on any atom is 0.431 e. The standard InChI is InChI=1S/C6H9N3O3/c1-8-5(10)3-4(7)9(2,12)6(8)11/h3H,7H2,1-2H3. The van der Waals surface area contributed by atoms with Crippen molar-refractivity contribution in [1.82, 2.24) is 4.90 Å². The van der Waals surface area contributed by atoms with Crippen LogP contribution in [0.3, 0.4) is 0 Å². The summed E-state index contributed by atoms with van der Waals surface area (Å²) < 4.78 is -1.34. The average molecular weight is 171 g/mol. The first kappa shape index (κ1) is 8.69. The maximum atomic E-state index is 11.3. The lowest BCUT2D eigenvalue weighted by Gasteiger charge is -2.38. The van der Waals surface area contributed by atoms with Gasteiger partial charge >= 0.3 is 6.03 Å². The van der Waals surface area contributed by atoms with E-state index in [0.29, 0.717) is 0 Å². The molecule has 2 N–H and O–H groups in total. The van der Waals surface area contributed by atoms with Gasteiger partial charge in [-0.05, 0) is 0 Å². The summed E-state index contributed by atoms with van der Waals surface area (Å²) in [5.41, 5.74) is 5.21. The zero-order valence-electron chi connectivity index (χ0n) is 6.77. The second-order valence-electron chi connectivity index (χ2n) is 2.67. The molecule has 0 fully saturated rings. The molecule has 0 radical (unpaired) electrons. The Bertz CT molecular complexity index is 282. The van der Waals surface area contributed by atoms with Crippen LogP contribution in [0.1, 0.15) is 0 Å². The van der Waals surface area contributed by atoms with Crippen molar-refractivity contribution in [3.8, 4) is 0 Å². The maximum absolute atomic E-state index is 11.3. The molecule has 1 heterocycles. The Morgan fingerprint density at radius 2 is 2.08 bits per heavy atom. The highest BCUT2D eigenvalue weighted by atomic mass is 16.6. The quantitative estimate of drug-likeness (QED) is 0.386. The minimum absolute atomic E-state index is 0.289. The van der Waals surface area contributed by atoms with Gasteiger partial charge in [-0.3, -0.25) is 4.79 Å². The van der Waals surface area contributed by atoms with Crippen LogP contribution in [0.4, 0.5) is 4.79 Å². The first-order valence-corrected chi connectivity index (χ1v) is 3.25. The summed E-state index contributed by atoms with van der Waals surface area (Å²) in [6.45, 7) is 0. The summed E-state index contributed by atoms with van der Waals surface area (Å²) in [7, 11) is 2.32. The van der Waals surface area contributed by atoms with Gasteiger partial charge in [0.05, 0.1) is 13.1 Å². The van der Waals surface area contributed by atoms with Crippen molar-refractivity contribution in [2.75, 3.05) is 14.1 Å². The van der Waals surface area contributed by atoms with Gasteiger partial charge in [-0.15, -0.1) is 0 Å². The van der Waals surface area contributed by atoms with Gasteiger partial charge in [0.25, 0.3) is 5.91 Å². The van der Waals surface area contributed by atoms with E-state index in [0.717, 1.165) is 18.0 Å². The van der Waals surface area contributed by atoms with Crippen molar-refractivity contribution in [1.29, 1.82) is 0 Å². The molecule has 1 rings (SSSR count). The summed E-state index contributed by atoms with van der Waals surface area (Å²) in [4.78, 5) is 22.8. The number of likely N-dealkylation sites (N-methyl/N-ethyl adjacent to an activating group) is 1. The smallest absolute Gasteiger partial charge is 0.431 e. The topological polar surface area (TPSA) is 86.5 Å². The first-order valence-electron chi connectivity index (χ1n) is 3.25. The van der Waals surface area contributed by atoms with E-state index in [1.807, 2.05) is 0 Å². The van der Waals surface area contributed by atoms with E-state index in [1.54, 1.807) is 0 Å². The molecule has 6 nitrogen and oxygen atoms in total. The van der Waals surface area contributed by atoms with E-state index < -0.39 is 16.6 Å². The molecule has 6 heteroatoms. The van der Waals surface area contributed by atoms with E-state index in [1.165, 1.54) is 7.05 Å². The number of quaternary nitrogens is 1. The summed E-state index contributed by atoms with van der Waals surface area (Å²) in [5.74, 6) is -0.855. The Hall–Kier alpha value is -1.40. The molecule has 3 amide bonds. The molecule has 0 aromatic rings. The van der Waals surface area contributed by atoms with Crippen molar-refractivity contribution < 1.29 is 14.2 Å². The van der Waals surface area contributed by atoms with Gasteiger partial charge < -0.3 is 10.9 Å². The molecule has 1 aliphatic rings. The molecule has 0 spiro atoms. The van der Waals surface area contributed by atoms with E-state index >= 15 is 0 Å². The fourth-order valence-corrected chi connectivity index (χ4v) is 0.837. The van der Waals surface area contributed by atoms with E-state index in [4.69, 9.17) is 5.73 Å². The molecule has 0 bridgehead atoms. The second-order valence-corrected chi connectivity index (χ2v) is 2.67. The molecule has 1 aliphatic heterocycles. The predicted molar refractivity (Wildman–Crippen MR) is 40.0 cm³/mol. The van der Waals surface area contributed by atoms with Gasteiger partial charge in [0.2, 0.25) is 5.82 Å². The van der Waals surface area contributed by atoms with Crippen LogP contribution in [0.5, 0.6) is 0 Å². The van der Waals surface area contributed by atoms with Crippen LogP contribution in [0.15, 0.2) is 11.9 Å². The molecule has 1 unspecified atom stereocenters. The van der Waals surface area contributed by atoms with E-state index in [9.17, 15) is 14.8 Å². The van der Waals surface area contributed by atoms with Crippen LogP contribution < -0.4 is 5.73 Å². The number of imide groups is 1. The lowest BCUT2D eigenvalue weighted by molar-refractivity contribution is -0.741. The number of carbonyl (C=O) groups excluding carboxylic acids is 2. The normalized spacial score (nSPS) is 30.6. The lowest BCUT2D eigenvalue weighted by Crippen LogP contribution is -2.56. The van der Waals surface area contributed by atoms with Crippen LogP contribution in [0.25, 0.3) is 0 Å². The molecule has 0 aliphatic carbocycles. The second kappa shape index (κ2) is 2.29. The van der Waals surface area contributed by atoms with Gasteiger partial charge in [0.15, 0.2) is 0 Å². The van der Waals surface area contributed by atoms with Crippen molar-refractivity contribution in [3.63, 3.8) is 0 Å². The highest BCUT2D eigenvalue weighted by molar-refractivity contribution is 6.00. The Morgan fingerprint density at radius 1 is 1.58 bits per heavy atom. The van der Waals surface area contributed by atoms with Crippen molar-refractivity contribution in [2.24, 2.45) is 5.73 Å². The average Bonchev–Trinajstić information content (AvgIpc) is 1.99. The highest BCUT2D eigenvalue weighted by Gasteiger charge is 2.37. The third-order valence-electron chi connectivity index (χ3n) is 1.75. The van der Waals surface area contributed by atoms with Crippen LogP contribution in [0.2, 0.25) is 0 Å². The number of carbonyl (C=O) groups is 2. The van der Waals surface area contributed by atoms with Gasteiger partial charge in [-0.1, -0.05) is 0 Å². The van der Waals surface area contributed by atoms with Gasteiger partial charge in [0.1, 0.15) is 0 Å². The summed E-state index contributed by atoms with van der Waals surface area (Å²) in [5, 5.41) is 11.3.